The van der Waals surface area contributed by atoms with Crippen molar-refractivity contribution >= 4 is 22.6 Å². The van der Waals surface area contributed by atoms with Gasteiger partial charge in [-0.25, -0.2) is 13.5 Å². The Bertz CT molecular complexity index is 1030. The van der Waals surface area contributed by atoms with Gasteiger partial charge in [0, 0.05) is 18.9 Å². The van der Waals surface area contributed by atoms with Crippen molar-refractivity contribution in [3.63, 3.8) is 0 Å². The lowest BCUT2D eigenvalue weighted by atomic mass is 10.1. The summed E-state index contributed by atoms with van der Waals surface area (Å²) in [6, 6.07) is 6.81. The van der Waals surface area contributed by atoms with Gasteiger partial charge in [-0.1, -0.05) is 18.2 Å². The van der Waals surface area contributed by atoms with Crippen molar-refractivity contribution in [2.75, 3.05) is 13.1 Å². The van der Waals surface area contributed by atoms with Crippen LogP contribution in [0, 0.1) is 11.3 Å². The number of alkyl halides is 2. The number of halogens is 2. The van der Waals surface area contributed by atoms with Crippen LogP contribution in [0.1, 0.15) is 16.9 Å². The number of carbonyl (C=O) groups is 2. The molecule has 0 radical (unpaired) electrons. The summed E-state index contributed by atoms with van der Waals surface area (Å²) in [7, 11) is 1.39. The zero-order valence-corrected chi connectivity index (χ0v) is 14.3. The van der Waals surface area contributed by atoms with Gasteiger partial charge in [-0.3, -0.25) is 14.4 Å². The number of hydrogen-bond acceptors (Lipinski definition) is 5. The standard InChI is InChI=1S/C17H15F2N5O3/c1-23-16(27)12-5-3-2-4-11(12)14(22-23)15(26)21-8-13(25)24-9-17(18,19)6-10(24)7-20/h2-5,10H,6,8-9H2,1H3,(H,21,26)/t10-/m0/s1. The quantitative estimate of drug-likeness (QED) is 0.837. The lowest BCUT2D eigenvalue weighted by molar-refractivity contribution is -0.131. The number of nitrogens with zero attached hydrogens (tertiary/aromatic N) is 4. The molecule has 1 fully saturated rings. The summed E-state index contributed by atoms with van der Waals surface area (Å²) in [5, 5.41) is 15.8. The van der Waals surface area contributed by atoms with Gasteiger partial charge in [0.1, 0.15) is 6.04 Å². The molecule has 140 valence electrons. The number of aromatic nitrogens is 2. The molecule has 1 aliphatic rings. The molecule has 8 nitrogen and oxygen atoms in total. The molecule has 0 spiro atoms. The maximum Gasteiger partial charge on any atom is 0.274 e. The number of amides is 2. The van der Waals surface area contributed by atoms with Gasteiger partial charge >= 0.3 is 0 Å². The molecule has 1 aromatic heterocycles. The average Bonchev–Trinajstić information content (AvgIpc) is 2.97. The highest BCUT2D eigenvalue weighted by Gasteiger charge is 2.47. The van der Waals surface area contributed by atoms with Gasteiger partial charge in [0.05, 0.1) is 24.5 Å². The van der Waals surface area contributed by atoms with Crippen LogP contribution in [0.4, 0.5) is 8.78 Å². The molecular formula is C17H15F2N5O3. The fourth-order valence-electron chi connectivity index (χ4n) is 3.00. The fraction of sp³-hybridized carbons (Fsp3) is 0.353. The molecule has 1 atom stereocenters. The van der Waals surface area contributed by atoms with Gasteiger partial charge in [0.25, 0.3) is 17.4 Å². The van der Waals surface area contributed by atoms with E-state index in [0.29, 0.717) is 5.39 Å². The number of nitriles is 1. The van der Waals surface area contributed by atoms with E-state index in [1.165, 1.54) is 7.05 Å². The number of hydrogen-bond donors (Lipinski definition) is 1. The normalized spacial score (nSPS) is 18.3. The lowest BCUT2D eigenvalue weighted by Crippen LogP contribution is -2.43. The van der Waals surface area contributed by atoms with Gasteiger partial charge in [-0.05, 0) is 6.07 Å². The van der Waals surface area contributed by atoms with Crippen molar-refractivity contribution in [3.05, 3.63) is 40.3 Å². The largest absolute Gasteiger partial charge is 0.342 e. The Kier molecular flexibility index (Phi) is 4.61. The number of rotatable bonds is 3. The van der Waals surface area contributed by atoms with E-state index >= 15 is 0 Å². The minimum Gasteiger partial charge on any atom is -0.342 e. The van der Waals surface area contributed by atoms with Crippen LogP contribution in [0.15, 0.2) is 29.1 Å². The third kappa shape index (κ3) is 3.48. The van der Waals surface area contributed by atoms with Crippen LogP contribution in [-0.2, 0) is 11.8 Å². The van der Waals surface area contributed by atoms with Crippen LogP contribution < -0.4 is 10.9 Å². The molecule has 27 heavy (non-hydrogen) atoms. The molecule has 1 N–H and O–H groups in total. The highest BCUT2D eigenvalue weighted by molar-refractivity contribution is 6.05. The molecule has 0 unspecified atom stereocenters. The van der Waals surface area contributed by atoms with Crippen molar-refractivity contribution in [1.82, 2.24) is 20.0 Å². The average molecular weight is 375 g/mol. The van der Waals surface area contributed by atoms with Crippen LogP contribution in [-0.4, -0.2) is 51.5 Å². The third-order valence-electron chi connectivity index (χ3n) is 4.31. The van der Waals surface area contributed by atoms with Crippen molar-refractivity contribution in [1.29, 1.82) is 5.26 Å². The van der Waals surface area contributed by atoms with Gasteiger partial charge in [-0.2, -0.15) is 10.4 Å². The predicted octanol–water partition coefficient (Wildman–Crippen LogP) is 0.423. The molecule has 2 amide bonds. The first kappa shape index (κ1) is 18.4. The molecule has 1 saturated heterocycles. The Morgan fingerprint density at radius 3 is 2.70 bits per heavy atom. The lowest BCUT2D eigenvalue weighted by Gasteiger charge is -2.19. The molecule has 1 aliphatic heterocycles. The second-order valence-corrected chi connectivity index (χ2v) is 6.23. The van der Waals surface area contributed by atoms with E-state index < -0.39 is 43.3 Å². The van der Waals surface area contributed by atoms with Gasteiger partial charge < -0.3 is 10.2 Å². The number of carbonyl (C=O) groups excluding carboxylic acids is 2. The Morgan fingerprint density at radius 1 is 1.37 bits per heavy atom. The molecule has 0 bridgehead atoms. The smallest absolute Gasteiger partial charge is 0.274 e. The minimum absolute atomic E-state index is 0.0657. The number of likely N-dealkylation sites (tertiary alicyclic amines) is 1. The first-order chi connectivity index (χ1) is 12.7. The van der Waals surface area contributed by atoms with E-state index in [2.05, 4.69) is 10.4 Å². The minimum atomic E-state index is -3.13. The fourth-order valence-corrected chi connectivity index (χ4v) is 3.00. The predicted molar refractivity (Wildman–Crippen MR) is 90.0 cm³/mol. The van der Waals surface area contributed by atoms with Crippen molar-refractivity contribution in [2.24, 2.45) is 7.05 Å². The highest BCUT2D eigenvalue weighted by atomic mass is 19.3. The Morgan fingerprint density at radius 2 is 2.04 bits per heavy atom. The summed E-state index contributed by atoms with van der Waals surface area (Å²) in [6.07, 6.45) is -0.726. The van der Waals surface area contributed by atoms with E-state index in [0.717, 1.165) is 9.58 Å². The van der Waals surface area contributed by atoms with Crippen molar-refractivity contribution in [3.8, 4) is 6.07 Å². The first-order valence-corrected chi connectivity index (χ1v) is 8.04. The highest BCUT2D eigenvalue weighted by Crippen LogP contribution is 2.31. The zero-order valence-electron chi connectivity index (χ0n) is 14.3. The monoisotopic (exact) mass is 375 g/mol. The molecular weight excluding hydrogens is 360 g/mol. The summed E-state index contributed by atoms with van der Waals surface area (Å²) in [6.45, 7) is -1.42. The maximum absolute atomic E-state index is 13.4. The maximum atomic E-state index is 13.4. The van der Waals surface area contributed by atoms with Crippen LogP contribution >= 0.6 is 0 Å². The number of fused-ring (bicyclic) bond motifs is 1. The van der Waals surface area contributed by atoms with E-state index in [9.17, 15) is 23.2 Å². The Labute approximate surface area is 152 Å². The molecule has 2 aromatic rings. The number of benzene rings is 1. The molecule has 10 heteroatoms. The number of aryl methyl sites for hydroxylation is 1. The van der Waals surface area contributed by atoms with Crippen LogP contribution in [0.2, 0.25) is 0 Å². The van der Waals surface area contributed by atoms with Crippen LogP contribution in [0.25, 0.3) is 10.8 Å². The van der Waals surface area contributed by atoms with E-state index in [1.807, 2.05) is 0 Å². The second-order valence-electron chi connectivity index (χ2n) is 6.23. The molecule has 1 aromatic carbocycles. The summed E-state index contributed by atoms with van der Waals surface area (Å²) in [5.74, 6) is -4.65. The van der Waals surface area contributed by atoms with Crippen molar-refractivity contribution < 1.29 is 18.4 Å². The summed E-state index contributed by atoms with van der Waals surface area (Å²) in [4.78, 5) is 37.5. The molecule has 0 saturated carbocycles. The SMILES string of the molecule is Cn1nc(C(=O)NCC(=O)N2CC(F)(F)C[C@H]2C#N)c2ccccc2c1=O. The molecule has 2 heterocycles. The third-order valence-corrected chi connectivity index (χ3v) is 4.31. The number of nitrogens with one attached hydrogen (secondary N) is 1. The molecule has 0 aliphatic carbocycles. The second kappa shape index (κ2) is 6.75. The summed E-state index contributed by atoms with van der Waals surface area (Å²) < 4.78 is 27.9. The van der Waals surface area contributed by atoms with Crippen LogP contribution in [0.3, 0.4) is 0 Å². The van der Waals surface area contributed by atoms with Crippen molar-refractivity contribution in [2.45, 2.75) is 18.4 Å². The first-order valence-electron chi connectivity index (χ1n) is 8.04. The molecule has 3 rings (SSSR count). The van der Waals surface area contributed by atoms with Crippen LogP contribution in [0.5, 0.6) is 0 Å². The van der Waals surface area contributed by atoms with Gasteiger partial charge in [-0.15, -0.1) is 0 Å². The van der Waals surface area contributed by atoms with Gasteiger partial charge in [0.15, 0.2) is 5.69 Å². The van der Waals surface area contributed by atoms with Gasteiger partial charge in [0.2, 0.25) is 5.91 Å². The topological polar surface area (TPSA) is 108 Å². The zero-order chi connectivity index (χ0) is 19.8. The van der Waals surface area contributed by atoms with E-state index in [1.54, 1.807) is 30.3 Å². The summed E-state index contributed by atoms with van der Waals surface area (Å²) >= 11 is 0. The Hall–Kier alpha value is -3.35. The van der Waals surface area contributed by atoms with E-state index in [4.69, 9.17) is 5.26 Å². The summed E-state index contributed by atoms with van der Waals surface area (Å²) in [5.41, 5.74) is -0.446. The van der Waals surface area contributed by atoms with E-state index in [-0.39, 0.29) is 16.6 Å². The Balaban J connectivity index is 1.78.